The Kier molecular flexibility index (Phi) is 7.22. The van der Waals surface area contributed by atoms with E-state index in [4.69, 9.17) is 9.47 Å². The van der Waals surface area contributed by atoms with Crippen LogP contribution in [0.3, 0.4) is 0 Å². The Morgan fingerprint density at radius 1 is 1.00 bits per heavy atom. The summed E-state index contributed by atoms with van der Waals surface area (Å²) in [5, 5.41) is 0. The molecule has 31 heavy (non-hydrogen) atoms. The second-order valence-corrected chi connectivity index (χ2v) is 8.16. The first-order chi connectivity index (χ1) is 15.2. The monoisotopic (exact) mass is 421 g/mol. The van der Waals surface area contributed by atoms with Crippen molar-refractivity contribution in [2.24, 2.45) is 0 Å². The molecule has 0 radical (unpaired) electrons. The maximum Gasteiger partial charge on any atom is 0.236 e. The van der Waals surface area contributed by atoms with Crippen LogP contribution < -0.4 is 9.47 Å². The third kappa shape index (κ3) is 6.09. The van der Waals surface area contributed by atoms with Gasteiger partial charge in [-0.3, -0.25) is 14.6 Å². The van der Waals surface area contributed by atoms with Crippen LogP contribution in [0.2, 0.25) is 0 Å². The van der Waals surface area contributed by atoms with Gasteiger partial charge in [-0.1, -0.05) is 54.6 Å². The number of amides is 1. The normalized spacial score (nSPS) is 19.5. The summed E-state index contributed by atoms with van der Waals surface area (Å²) in [5.74, 6) is 1.64. The minimum Gasteiger partial charge on any atom is -0.486 e. The fourth-order valence-electron chi connectivity index (χ4n) is 3.90. The van der Waals surface area contributed by atoms with Crippen molar-refractivity contribution in [3.05, 3.63) is 66.2 Å². The standard InChI is InChI=1S/C25H31N3O3/c1-26(18-22-20-30-23-11-5-6-12-24(23)31-22)25(29)19-28-16-14-27(15-17-28)13-7-10-21-8-3-2-4-9-21/h2-12,22H,13-20H2,1H3/b10-7+/t22-/m1/s1. The molecule has 0 aromatic heterocycles. The lowest BCUT2D eigenvalue weighted by atomic mass is 10.2. The molecule has 0 spiro atoms. The van der Waals surface area contributed by atoms with E-state index in [1.54, 1.807) is 4.90 Å². The molecule has 1 amide bonds. The molecule has 6 heteroatoms. The minimum atomic E-state index is -0.142. The van der Waals surface area contributed by atoms with Gasteiger partial charge in [0, 0.05) is 39.8 Å². The molecule has 0 saturated carbocycles. The number of carbonyl (C=O) groups is 1. The van der Waals surface area contributed by atoms with Crippen LogP contribution in [0.25, 0.3) is 6.08 Å². The lowest BCUT2D eigenvalue weighted by Gasteiger charge is -2.35. The number of likely N-dealkylation sites (N-methyl/N-ethyl adjacent to an activating group) is 1. The molecule has 0 aliphatic carbocycles. The van der Waals surface area contributed by atoms with E-state index in [1.165, 1.54) is 5.56 Å². The Bertz CT molecular complexity index is 879. The van der Waals surface area contributed by atoms with Crippen molar-refractivity contribution in [3.8, 4) is 11.5 Å². The number of carbonyl (C=O) groups excluding carboxylic acids is 1. The number of nitrogens with zero attached hydrogens (tertiary/aromatic N) is 3. The van der Waals surface area contributed by atoms with E-state index < -0.39 is 0 Å². The maximum atomic E-state index is 12.7. The largest absolute Gasteiger partial charge is 0.486 e. The Morgan fingerprint density at radius 3 is 2.45 bits per heavy atom. The third-order valence-electron chi connectivity index (χ3n) is 5.77. The van der Waals surface area contributed by atoms with Gasteiger partial charge >= 0.3 is 0 Å². The van der Waals surface area contributed by atoms with Crippen molar-refractivity contribution < 1.29 is 14.3 Å². The molecule has 1 fully saturated rings. The summed E-state index contributed by atoms with van der Waals surface area (Å²) >= 11 is 0. The van der Waals surface area contributed by atoms with E-state index in [0.29, 0.717) is 19.7 Å². The molecule has 0 bridgehead atoms. The molecule has 2 aliphatic rings. The first kappa shape index (κ1) is 21.4. The minimum absolute atomic E-state index is 0.125. The first-order valence-corrected chi connectivity index (χ1v) is 11.0. The Labute approximate surface area is 184 Å². The highest BCUT2D eigenvalue weighted by Crippen LogP contribution is 2.30. The van der Waals surface area contributed by atoms with Crippen LogP contribution in [-0.2, 0) is 4.79 Å². The number of hydrogen-bond donors (Lipinski definition) is 0. The lowest BCUT2D eigenvalue weighted by Crippen LogP contribution is -2.50. The fourth-order valence-corrected chi connectivity index (χ4v) is 3.90. The molecule has 2 heterocycles. The second kappa shape index (κ2) is 10.5. The van der Waals surface area contributed by atoms with Crippen LogP contribution in [0.4, 0.5) is 0 Å². The number of para-hydroxylation sites is 2. The summed E-state index contributed by atoms with van der Waals surface area (Å²) < 4.78 is 11.7. The zero-order valence-electron chi connectivity index (χ0n) is 18.2. The number of benzene rings is 2. The summed E-state index contributed by atoms with van der Waals surface area (Å²) in [6, 6.07) is 18.0. The maximum absolute atomic E-state index is 12.7. The van der Waals surface area contributed by atoms with Crippen molar-refractivity contribution in [2.75, 3.05) is 59.5 Å². The molecule has 0 unspecified atom stereocenters. The number of hydrogen-bond acceptors (Lipinski definition) is 5. The van der Waals surface area contributed by atoms with Crippen LogP contribution in [0, 0.1) is 0 Å². The molecule has 2 aromatic carbocycles. The second-order valence-electron chi connectivity index (χ2n) is 8.16. The zero-order valence-corrected chi connectivity index (χ0v) is 18.2. The van der Waals surface area contributed by atoms with Crippen LogP contribution >= 0.6 is 0 Å². The Balaban J connectivity index is 1.16. The van der Waals surface area contributed by atoms with Gasteiger partial charge in [0.25, 0.3) is 0 Å². The molecule has 0 N–H and O–H groups in total. The average Bonchev–Trinajstić information content (AvgIpc) is 2.81. The topological polar surface area (TPSA) is 45.3 Å². The smallest absolute Gasteiger partial charge is 0.236 e. The van der Waals surface area contributed by atoms with Crippen molar-refractivity contribution >= 4 is 12.0 Å². The first-order valence-electron chi connectivity index (χ1n) is 11.0. The van der Waals surface area contributed by atoms with E-state index in [1.807, 2.05) is 37.4 Å². The number of rotatable bonds is 7. The van der Waals surface area contributed by atoms with E-state index in [0.717, 1.165) is 44.2 Å². The highest BCUT2D eigenvalue weighted by atomic mass is 16.6. The van der Waals surface area contributed by atoms with E-state index in [-0.39, 0.29) is 12.0 Å². The van der Waals surface area contributed by atoms with Gasteiger partial charge < -0.3 is 14.4 Å². The van der Waals surface area contributed by atoms with Crippen LogP contribution in [0.1, 0.15) is 5.56 Å². The predicted octanol–water partition coefficient (Wildman–Crippen LogP) is 2.62. The van der Waals surface area contributed by atoms with Gasteiger partial charge in [-0.15, -0.1) is 0 Å². The summed E-state index contributed by atoms with van der Waals surface area (Å²) in [7, 11) is 1.84. The van der Waals surface area contributed by atoms with Gasteiger partial charge in [0.15, 0.2) is 17.6 Å². The molecular formula is C25H31N3O3. The molecule has 1 atom stereocenters. The molecule has 1 saturated heterocycles. The van der Waals surface area contributed by atoms with Crippen molar-refractivity contribution in [1.82, 2.24) is 14.7 Å². The van der Waals surface area contributed by atoms with Crippen LogP contribution in [0.15, 0.2) is 60.7 Å². The van der Waals surface area contributed by atoms with Gasteiger partial charge in [0.05, 0.1) is 13.1 Å². The molecule has 2 aromatic rings. The molecular weight excluding hydrogens is 390 g/mol. The van der Waals surface area contributed by atoms with Gasteiger partial charge in [-0.2, -0.15) is 0 Å². The summed E-state index contributed by atoms with van der Waals surface area (Å²) in [6.45, 7) is 6.16. The highest BCUT2D eigenvalue weighted by Gasteiger charge is 2.25. The average molecular weight is 422 g/mol. The van der Waals surface area contributed by atoms with Gasteiger partial charge in [0.2, 0.25) is 5.91 Å². The summed E-state index contributed by atoms with van der Waals surface area (Å²) in [4.78, 5) is 19.1. The lowest BCUT2D eigenvalue weighted by molar-refractivity contribution is -0.133. The summed E-state index contributed by atoms with van der Waals surface area (Å²) in [5.41, 5.74) is 1.23. The fraction of sp³-hybridized carbons (Fsp3) is 0.400. The number of ether oxygens (including phenoxy) is 2. The molecule has 164 valence electrons. The summed E-state index contributed by atoms with van der Waals surface area (Å²) in [6.07, 6.45) is 4.24. The van der Waals surface area contributed by atoms with E-state index >= 15 is 0 Å². The molecule has 6 nitrogen and oxygen atoms in total. The SMILES string of the molecule is CN(C[C@@H]1COc2ccccc2O1)C(=O)CN1CCN(C/C=C/c2ccccc2)CC1. The van der Waals surface area contributed by atoms with Gasteiger partial charge in [-0.25, -0.2) is 0 Å². The Morgan fingerprint density at radius 2 is 1.68 bits per heavy atom. The van der Waals surface area contributed by atoms with E-state index in [9.17, 15) is 4.79 Å². The molecule has 4 rings (SSSR count). The quantitative estimate of drug-likeness (QED) is 0.688. The molecule has 2 aliphatic heterocycles. The van der Waals surface area contributed by atoms with E-state index in [2.05, 4.69) is 46.2 Å². The highest BCUT2D eigenvalue weighted by molar-refractivity contribution is 5.78. The zero-order chi connectivity index (χ0) is 21.5. The van der Waals surface area contributed by atoms with Gasteiger partial charge in [0.1, 0.15) is 6.61 Å². The van der Waals surface area contributed by atoms with Crippen LogP contribution in [0.5, 0.6) is 11.5 Å². The number of fused-ring (bicyclic) bond motifs is 1. The van der Waals surface area contributed by atoms with Gasteiger partial charge in [-0.05, 0) is 17.7 Å². The third-order valence-corrected chi connectivity index (χ3v) is 5.77. The van der Waals surface area contributed by atoms with Crippen molar-refractivity contribution in [2.45, 2.75) is 6.10 Å². The predicted molar refractivity (Wildman–Crippen MR) is 122 cm³/mol. The van der Waals surface area contributed by atoms with Crippen molar-refractivity contribution in [3.63, 3.8) is 0 Å². The Hall–Kier alpha value is -2.83. The van der Waals surface area contributed by atoms with Crippen LogP contribution in [-0.4, -0.2) is 86.2 Å². The number of piperazine rings is 1. The van der Waals surface area contributed by atoms with Crippen molar-refractivity contribution in [1.29, 1.82) is 0 Å².